The Hall–Kier alpha value is -1.06. The van der Waals surface area contributed by atoms with Crippen molar-refractivity contribution >= 4 is 23.2 Å². The maximum atomic E-state index is 10.1. The van der Waals surface area contributed by atoms with Gasteiger partial charge in [-0.2, -0.15) is 0 Å². The topological polar surface area (TPSA) is 40.5 Å². The number of halogens is 2. The van der Waals surface area contributed by atoms with E-state index in [1.807, 2.05) is 0 Å². The highest BCUT2D eigenvalue weighted by atomic mass is 35.5. The molecule has 2 aromatic carbocycles. The minimum atomic E-state index is -0.771. The van der Waals surface area contributed by atoms with Crippen molar-refractivity contribution in [2.45, 2.75) is 18.6 Å². The molecule has 0 aliphatic rings. The predicted molar refractivity (Wildman–Crippen MR) is 77.4 cm³/mol. The fraction of sp³-hybridized carbons (Fsp3) is 0.200. The third kappa shape index (κ3) is 3.95. The molecule has 0 amide bonds. The molecule has 0 unspecified atom stereocenters. The molecule has 2 rings (SSSR count). The zero-order valence-corrected chi connectivity index (χ0v) is 11.6. The van der Waals surface area contributed by atoms with Crippen LogP contribution in [0.25, 0.3) is 0 Å². The highest BCUT2D eigenvalue weighted by Crippen LogP contribution is 2.28. The fourth-order valence-electron chi connectivity index (χ4n) is 1.91. The molecule has 0 spiro atoms. The van der Waals surface area contributed by atoms with Gasteiger partial charge >= 0.3 is 0 Å². The number of rotatable bonds is 4. The van der Waals surface area contributed by atoms with Crippen molar-refractivity contribution < 1.29 is 10.2 Å². The monoisotopic (exact) mass is 296 g/mol. The maximum absolute atomic E-state index is 10.1. The Morgan fingerprint density at radius 1 is 0.789 bits per heavy atom. The second kappa shape index (κ2) is 6.40. The summed E-state index contributed by atoms with van der Waals surface area (Å²) >= 11 is 11.7. The summed E-state index contributed by atoms with van der Waals surface area (Å²) in [5.74, 6) is 0. The summed E-state index contributed by atoms with van der Waals surface area (Å²) in [5.41, 5.74) is 1.38. The standard InChI is InChI=1S/C15H14Cl2O2/c16-12-5-1-3-10(7-12)14(18)9-15(19)11-4-2-6-13(17)8-11/h1-8,14-15,18-19H,9H2/t14-,15-/m0/s1. The van der Waals surface area contributed by atoms with Crippen LogP contribution in [-0.4, -0.2) is 10.2 Å². The van der Waals surface area contributed by atoms with Crippen molar-refractivity contribution in [3.8, 4) is 0 Å². The molecule has 2 nitrogen and oxygen atoms in total. The molecule has 19 heavy (non-hydrogen) atoms. The summed E-state index contributed by atoms with van der Waals surface area (Å²) in [6.07, 6.45) is -1.35. The lowest BCUT2D eigenvalue weighted by Crippen LogP contribution is -2.05. The average Bonchev–Trinajstić information content (AvgIpc) is 2.38. The van der Waals surface area contributed by atoms with Crippen LogP contribution >= 0.6 is 23.2 Å². The average molecular weight is 297 g/mol. The molecule has 0 aliphatic carbocycles. The fourth-order valence-corrected chi connectivity index (χ4v) is 2.31. The van der Waals surface area contributed by atoms with Gasteiger partial charge in [0.2, 0.25) is 0 Å². The zero-order valence-electron chi connectivity index (χ0n) is 10.1. The van der Waals surface area contributed by atoms with Crippen molar-refractivity contribution in [2.24, 2.45) is 0 Å². The molecular formula is C15H14Cl2O2. The summed E-state index contributed by atoms with van der Waals surface area (Å²) in [4.78, 5) is 0. The van der Waals surface area contributed by atoms with E-state index in [-0.39, 0.29) is 6.42 Å². The van der Waals surface area contributed by atoms with Crippen molar-refractivity contribution in [1.82, 2.24) is 0 Å². The van der Waals surface area contributed by atoms with E-state index in [0.717, 1.165) is 0 Å². The number of aliphatic hydroxyl groups excluding tert-OH is 2. The molecule has 100 valence electrons. The molecule has 0 heterocycles. The molecule has 0 aliphatic heterocycles. The van der Waals surface area contributed by atoms with Crippen LogP contribution in [-0.2, 0) is 0 Å². The van der Waals surface area contributed by atoms with Gasteiger partial charge < -0.3 is 10.2 Å². The minimum Gasteiger partial charge on any atom is -0.388 e. The Morgan fingerprint density at radius 2 is 1.21 bits per heavy atom. The van der Waals surface area contributed by atoms with Crippen LogP contribution in [0.2, 0.25) is 10.0 Å². The third-order valence-electron chi connectivity index (χ3n) is 2.91. The Bertz CT molecular complexity index is 508. The molecule has 0 radical (unpaired) electrons. The molecule has 0 saturated heterocycles. The Morgan fingerprint density at radius 3 is 1.58 bits per heavy atom. The number of hydrogen-bond acceptors (Lipinski definition) is 2. The van der Waals surface area contributed by atoms with E-state index in [4.69, 9.17) is 23.2 Å². The first-order chi connectivity index (χ1) is 9.06. The minimum absolute atomic E-state index is 0.195. The second-order valence-electron chi connectivity index (χ2n) is 4.38. The van der Waals surface area contributed by atoms with Crippen molar-refractivity contribution in [3.63, 3.8) is 0 Å². The quantitative estimate of drug-likeness (QED) is 0.890. The van der Waals surface area contributed by atoms with E-state index in [1.165, 1.54) is 0 Å². The first-order valence-corrected chi connectivity index (χ1v) is 6.69. The number of hydrogen-bond donors (Lipinski definition) is 2. The molecular weight excluding hydrogens is 283 g/mol. The maximum Gasteiger partial charge on any atom is 0.0818 e. The Kier molecular flexibility index (Phi) is 4.83. The Labute approximate surface area is 122 Å². The normalized spacial score (nSPS) is 14.1. The van der Waals surface area contributed by atoms with Crippen LogP contribution in [0.4, 0.5) is 0 Å². The third-order valence-corrected chi connectivity index (χ3v) is 3.38. The largest absolute Gasteiger partial charge is 0.388 e. The van der Waals surface area contributed by atoms with Gasteiger partial charge in [-0.3, -0.25) is 0 Å². The van der Waals surface area contributed by atoms with Crippen molar-refractivity contribution in [3.05, 3.63) is 69.7 Å². The van der Waals surface area contributed by atoms with Crippen molar-refractivity contribution in [2.75, 3.05) is 0 Å². The smallest absolute Gasteiger partial charge is 0.0818 e. The van der Waals surface area contributed by atoms with Crippen LogP contribution in [0.3, 0.4) is 0 Å². The van der Waals surface area contributed by atoms with Gasteiger partial charge in [0, 0.05) is 16.5 Å². The summed E-state index contributed by atoms with van der Waals surface area (Å²) in [7, 11) is 0. The summed E-state index contributed by atoms with van der Waals surface area (Å²) in [6.45, 7) is 0. The summed E-state index contributed by atoms with van der Waals surface area (Å²) in [6, 6.07) is 14.0. The van der Waals surface area contributed by atoms with E-state index in [1.54, 1.807) is 48.5 Å². The van der Waals surface area contributed by atoms with Crippen LogP contribution in [0, 0.1) is 0 Å². The summed E-state index contributed by atoms with van der Waals surface area (Å²) < 4.78 is 0. The second-order valence-corrected chi connectivity index (χ2v) is 5.25. The van der Waals surface area contributed by atoms with Crippen LogP contribution < -0.4 is 0 Å². The zero-order chi connectivity index (χ0) is 13.8. The lowest BCUT2D eigenvalue weighted by atomic mass is 9.99. The SMILES string of the molecule is O[C@@H](C[C@H](O)c1cccc(Cl)c1)c1cccc(Cl)c1. The van der Waals surface area contributed by atoms with Gasteiger partial charge in [-0.25, -0.2) is 0 Å². The van der Waals surface area contributed by atoms with E-state index < -0.39 is 12.2 Å². The Balaban J connectivity index is 2.08. The molecule has 4 heteroatoms. The predicted octanol–water partition coefficient (Wildman–Crippen LogP) is 4.15. The first-order valence-electron chi connectivity index (χ1n) is 5.93. The van der Waals surface area contributed by atoms with Gasteiger partial charge in [0.05, 0.1) is 12.2 Å². The van der Waals surface area contributed by atoms with Gasteiger partial charge in [-0.05, 0) is 35.4 Å². The highest BCUT2D eigenvalue weighted by Gasteiger charge is 2.16. The molecule has 2 N–H and O–H groups in total. The first kappa shape index (κ1) is 14.4. The number of aliphatic hydroxyl groups is 2. The van der Waals surface area contributed by atoms with Gasteiger partial charge in [0.25, 0.3) is 0 Å². The summed E-state index contributed by atoms with van der Waals surface area (Å²) in [5, 5.41) is 21.3. The van der Waals surface area contributed by atoms with E-state index in [2.05, 4.69) is 0 Å². The van der Waals surface area contributed by atoms with Crippen LogP contribution in [0.1, 0.15) is 29.8 Å². The van der Waals surface area contributed by atoms with Gasteiger partial charge in [0.15, 0.2) is 0 Å². The molecule has 0 saturated carbocycles. The molecule has 2 atom stereocenters. The number of benzene rings is 2. The van der Waals surface area contributed by atoms with Crippen molar-refractivity contribution in [1.29, 1.82) is 0 Å². The molecule has 2 aromatic rings. The van der Waals surface area contributed by atoms with Crippen LogP contribution in [0.5, 0.6) is 0 Å². The van der Waals surface area contributed by atoms with Gasteiger partial charge in [-0.15, -0.1) is 0 Å². The molecule has 0 bridgehead atoms. The van der Waals surface area contributed by atoms with Crippen LogP contribution in [0.15, 0.2) is 48.5 Å². The molecule has 0 fully saturated rings. The highest BCUT2D eigenvalue weighted by molar-refractivity contribution is 6.30. The van der Waals surface area contributed by atoms with Gasteiger partial charge in [0.1, 0.15) is 0 Å². The molecule has 0 aromatic heterocycles. The lowest BCUT2D eigenvalue weighted by molar-refractivity contribution is 0.0804. The lowest BCUT2D eigenvalue weighted by Gasteiger charge is -2.16. The van der Waals surface area contributed by atoms with E-state index in [0.29, 0.717) is 21.2 Å². The van der Waals surface area contributed by atoms with E-state index in [9.17, 15) is 10.2 Å². The van der Waals surface area contributed by atoms with Gasteiger partial charge in [-0.1, -0.05) is 47.5 Å². The van der Waals surface area contributed by atoms with E-state index >= 15 is 0 Å².